The number of hydrogen-bond donors (Lipinski definition) is 1. The van der Waals surface area contributed by atoms with E-state index in [1.807, 2.05) is 17.7 Å². The molecule has 7 heteroatoms. The minimum absolute atomic E-state index is 0.0291. The van der Waals surface area contributed by atoms with Gasteiger partial charge in [-0.3, -0.25) is 9.59 Å². The first-order chi connectivity index (χ1) is 11.1. The standard InChI is InChI=1S/C16H24N4O3/c1-11-16-18-13(8-14(21)17-12-4-3-5-12)9-19(16)6-7-20(11)15(22)10-23-2/h9,11-12H,3-8,10H2,1-2H3,(H,17,21). The molecule has 0 saturated heterocycles. The van der Waals surface area contributed by atoms with Crippen molar-refractivity contribution in [2.75, 3.05) is 20.3 Å². The molecule has 1 aliphatic carbocycles. The van der Waals surface area contributed by atoms with Gasteiger partial charge in [-0.2, -0.15) is 0 Å². The quantitative estimate of drug-likeness (QED) is 0.864. The summed E-state index contributed by atoms with van der Waals surface area (Å²) in [5, 5.41) is 3.03. The fraction of sp³-hybridized carbons (Fsp3) is 0.688. The van der Waals surface area contributed by atoms with Crippen LogP contribution in [0.25, 0.3) is 0 Å². The van der Waals surface area contributed by atoms with Gasteiger partial charge in [0.2, 0.25) is 11.8 Å². The van der Waals surface area contributed by atoms with Gasteiger partial charge in [0.15, 0.2) is 0 Å². The monoisotopic (exact) mass is 320 g/mol. The van der Waals surface area contributed by atoms with Gasteiger partial charge in [-0.15, -0.1) is 0 Å². The minimum Gasteiger partial charge on any atom is -0.375 e. The van der Waals surface area contributed by atoms with Gasteiger partial charge in [0.05, 0.1) is 18.2 Å². The van der Waals surface area contributed by atoms with E-state index in [-0.39, 0.29) is 24.5 Å². The Labute approximate surface area is 136 Å². The highest BCUT2D eigenvalue weighted by atomic mass is 16.5. The lowest BCUT2D eigenvalue weighted by molar-refractivity contribution is -0.138. The summed E-state index contributed by atoms with van der Waals surface area (Å²) in [5.74, 6) is 0.843. The van der Waals surface area contributed by atoms with Crippen molar-refractivity contribution < 1.29 is 14.3 Å². The van der Waals surface area contributed by atoms with Crippen LogP contribution in [0.2, 0.25) is 0 Å². The van der Waals surface area contributed by atoms with Gasteiger partial charge in [0.1, 0.15) is 12.4 Å². The van der Waals surface area contributed by atoms with E-state index in [0.29, 0.717) is 25.6 Å². The molecular weight excluding hydrogens is 296 g/mol. The van der Waals surface area contributed by atoms with Crippen LogP contribution in [0.3, 0.4) is 0 Å². The first-order valence-corrected chi connectivity index (χ1v) is 8.22. The highest BCUT2D eigenvalue weighted by Crippen LogP contribution is 2.25. The number of imidazole rings is 1. The lowest BCUT2D eigenvalue weighted by Crippen LogP contribution is -2.42. The third kappa shape index (κ3) is 3.39. The highest BCUT2D eigenvalue weighted by molar-refractivity contribution is 5.79. The maximum atomic E-state index is 12.1. The molecule has 126 valence electrons. The van der Waals surface area contributed by atoms with Crippen LogP contribution in [0, 0.1) is 0 Å². The second kappa shape index (κ2) is 6.70. The van der Waals surface area contributed by atoms with E-state index in [4.69, 9.17) is 4.74 Å². The molecule has 3 rings (SSSR count). The lowest BCUT2D eigenvalue weighted by atomic mass is 9.93. The molecule has 1 aromatic heterocycles. The number of carbonyl (C=O) groups is 2. The number of aromatic nitrogens is 2. The SMILES string of the molecule is COCC(=O)N1CCn2cc(CC(=O)NC3CCC3)nc2C1C. The molecule has 1 fully saturated rings. The molecule has 0 aromatic carbocycles. The van der Waals surface area contributed by atoms with E-state index in [0.717, 1.165) is 24.4 Å². The molecule has 2 heterocycles. The largest absolute Gasteiger partial charge is 0.375 e. The summed E-state index contributed by atoms with van der Waals surface area (Å²) in [6.45, 7) is 3.39. The zero-order valence-electron chi connectivity index (χ0n) is 13.7. The Morgan fingerprint density at radius 1 is 1.39 bits per heavy atom. The third-order valence-electron chi connectivity index (χ3n) is 4.68. The molecule has 2 amide bonds. The fourth-order valence-electron chi connectivity index (χ4n) is 3.18. The van der Waals surface area contributed by atoms with Gasteiger partial charge in [0.25, 0.3) is 0 Å². The topological polar surface area (TPSA) is 76.5 Å². The number of methoxy groups -OCH3 is 1. The van der Waals surface area contributed by atoms with Crippen molar-refractivity contribution in [2.24, 2.45) is 0 Å². The van der Waals surface area contributed by atoms with Crippen LogP contribution in [-0.4, -0.2) is 52.6 Å². The van der Waals surface area contributed by atoms with Crippen molar-refractivity contribution in [3.63, 3.8) is 0 Å². The van der Waals surface area contributed by atoms with Gasteiger partial charge in [-0.25, -0.2) is 4.98 Å². The van der Waals surface area contributed by atoms with Crippen molar-refractivity contribution in [3.8, 4) is 0 Å². The Bertz CT molecular complexity index is 594. The molecule has 1 unspecified atom stereocenters. The normalized spacial score (nSPS) is 20.8. The van der Waals surface area contributed by atoms with E-state index in [1.54, 1.807) is 4.90 Å². The second-order valence-electron chi connectivity index (χ2n) is 6.35. The van der Waals surface area contributed by atoms with Crippen LogP contribution in [-0.2, 0) is 27.3 Å². The number of nitrogens with one attached hydrogen (secondary N) is 1. The smallest absolute Gasteiger partial charge is 0.249 e. The summed E-state index contributed by atoms with van der Waals surface area (Å²) in [4.78, 5) is 30.5. The first kappa shape index (κ1) is 16.0. The van der Waals surface area contributed by atoms with Crippen LogP contribution >= 0.6 is 0 Å². The predicted molar refractivity (Wildman–Crippen MR) is 83.7 cm³/mol. The maximum Gasteiger partial charge on any atom is 0.249 e. The Balaban J connectivity index is 1.65. The van der Waals surface area contributed by atoms with E-state index in [2.05, 4.69) is 10.3 Å². The van der Waals surface area contributed by atoms with Crippen molar-refractivity contribution in [2.45, 2.75) is 51.2 Å². The van der Waals surface area contributed by atoms with Crippen LogP contribution < -0.4 is 5.32 Å². The van der Waals surface area contributed by atoms with Crippen molar-refractivity contribution >= 4 is 11.8 Å². The molecule has 1 N–H and O–H groups in total. The molecule has 23 heavy (non-hydrogen) atoms. The van der Waals surface area contributed by atoms with E-state index in [9.17, 15) is 9.59 Å². The van der Waals surface area contributed by atoms with E-state index >= 15 is 0 Å². The van der Waals surface area contributed by atoms with Crippen LogP contribution in [0.1, 0.15) is 43.7 Å². The van der Waals surface area contributed by atoms with Crippen LogP contribution in [0.15, 0.2) is 6.20 Å². The minimum atomic E-state index is -0.102. The molecule has 1 saturated carbocycles. The van der Waals surface area contributed by atoms with E-state index in [1.165, 1.54) is 13.5 Å². The molecule has 0 spiro atoms. The summed E-state index contributed by atoms with van der Waals surface area (Å²) in [5.41, 5.74) is 0.768. The summed E-state index contributed by atoms with van der Waals surface area (Å²) >= 11 is 0. The summed E-state index contributed by atoms with van der Waals surface area (Å²) in [7, 11) is 1.52. The Kier molecular flexibility index (Phi) is 4.66. The molecule has 2 aliphatic rings. The Morgan fingerprint density at radius 2 is 2.17 bits per heavy atom. The summed E-state index contributed by atoms with van der Waals surface area (Å²) in [6, 6.07) is 0.246. The molecule has 0 bridgehead atoms. The summed E-state index contributed by atoms with van der Waals surface area (Å²) in [6.07, 6.45) is 5.60. The number of fused-ring (bicyclic) bond motifs is 1. The van der Waals surface area contributed by atoms with Crippen molar-refractivity contribution in [1.82, 2.24) is 19.8 Å². The average Bonchev–Trinajstić information content (AvgIpc) is 2.87. The van der Waals surface area contributed by atoms with E-state index < -0.39 is 0 Å². The number of carbonyl (C=O) groups excluding carboxylic acids is 2. The van der Waals surface area contributed by atoms with Gasteiger partial charge in [-0.1, -0.05) is 0 Å². The fourth-order valence-corrected chi connectivity index (χ4v) is 3.18. The second-order valence-corrected chi connectivity index (χ2v) is 6.35. The molecule has 0 radical (unpaired) electrons. The van der Waals surface area contributed by atoms with Crippen molar-refractivity contribution in [1.29, 1.82) is 0 Å². The van der Waals surface area contributed by atoms with Crippen molar-refractivity contribution in [3.05, 3.63) is 17.7 Å². The Morgan fingerprint density at radius 3 is 2.83 bits per heavy atom. The number of rotatable bonds is 5. The van der Waals surface area contributed by atoms with Gasteiger partial charge in [0, 0.05) is 32.4 Å². The maximum absolute atomic E-state index is 12.1. The van der Waals surface area contributed by atoms with Gasteiger partial charge < -0.3 is 19.5 Å². The number of nitrogens with zero attached hydrogens (tertiary/aromatic N) is 3. The zero-order valence-corrected chi connectivity index (χ0v) is 13.7. The molecule has 1 aromatic rings. The van der Waals surface area contributed by atoms with Crippen LogP contribution in [0.4, 0.5) is 0 Å². The number of amides is 2. The Hall–Kier alpha value is -1.89. The zero-order chi connectivity index (χ0) is 16.4. The lowest BCUT2D eigenvalue weighted by Gasteiger charge is -2.33. The molecular formula is C16H24N4O3. The third-order valence-corrected chi connectivity index (χ3v) is 4.68. The predicted octanol–water partition coefficient (Wildman–Crippen LogP) is 0.644. The highest BCUT2D eigenvalue weighted by Gasteiger charge is 2.30. The molecule has 7 nitrogen and oxygen atoms in total. The number of hydrogen-bond acceptors (Lipinski definition) is 4. The van der Waals surface area contributed by atoms with Gasteiger partial charge in [-0.05, 0) is 26.2 Å². The number of ether oxygens (including phenoxy) is 1. The molecule has 1 atom stereocenters. The van der Waals surface area contributed by atoms with Gasteiger partial charge >= 0.3 is 0 Å². The summed E-state index contributed by atoms with van der Waals surface area (Å²) < 4.78 is 6.98. The first-order valence-electron chi connectivity index (χ1n) is 8.22. The molecule has 1 aliphatic heterocycles. The van der Waals surface area contributed by atoms with Crippen LogP contribution in [0.5, 0.6) is 0 Å². The average molecular weight is 320 g/mol.